The fraction of sp³-hybridized carbons (Fsp3) is 0.200. The van der Waals surface area contributed by atoms with Crippen molar-refractivity contribution in [3.05, 3.63) is 58.6 Å². The van der Waals surface area contributed by atoms with Crippen LogP contribution in [0.3, 0.4) is 0 Å². The third kappa shape index (κ3) is 4.69. The van der Waals surface area contributed by atoms with E-state index in [4.69, 9.17) is 46.4 Å². The number of phenolic OH excluding ortho intramolecular Hbond substituents is 1. The first-order valence-electron chi connectivity index (χ1n) is 6.65. The van der Waals surface area contributed by atoms with Crippen molar-refractivity contribution >= 4 is 56.4 Å². The van der Waals surface area contributed by atoms with Crippen molar-refractivity contribution in [2.45, 2.75) is 21.7 Å². The summed E-state index contributed by atoms with van der Waals surface area (Å²) in [5.74, 6) is 0.0578. The molecule has 1 atom stereocenters. The summed E-state index contributed by atoms with van der Waals surface area (Å²) in [5, 5.41) is 10.0. The topological polar surface area (TPSA) is 66.4 Å². The van der Waals surface area contributed by atoms with Gasteiger partial charge in [0, 0.05) is 5.02 Å². The van der Waals surface area contributed by atoms with E-state index in [9.17, 15) is 13.5 Å². The summed E-state index contributed by atoms with van der Waals surface area (Å²) in [5.41, 5.74) is 0.931. The monoisotopic (exact) mass is 427 g/mol. The summed E-state index contributed by atoms with van der Waals surface area (Å²) in [4.78, 5) is -0.0124. The van der Waals surface area contributed by atoms with Crippen LogP contribution in [0.5, 0.6) is 5.75 Å². The average Bonchev–Trinajstić information content (AvgIpc) is 2.47. The Morgan fingerprint density at radius 2 is 1.67 bits per heavy atom. The number of aryl methyl sites for hydroxylation is 1. The van der Waals surface area contributed by atoms with Gasteiger partial charge in [0.1, 0.15) is 5.75 Å². The van der Waals surface area contributed by atoms with Crippen LogP contribution in [-0.4, -0.2) is 17.3 Å². The molecule has 9 heteroatoms. The molecule has 0 fully saturated rings. The number of nitrogens with one attached hydrogen (secondary N) is 1. The van der Waals surface area contributed by atoms with Gasteiger partial charge in [-0.3, -0.25) is 0 Å². The molecule has 2 N–H and O–H groups in total. The maximum Gasteiger partial charge on any atom is 0.241 e. The average molecular weight is 429 g/mol. The zero-order chi connectivity index (χ0) is 18.1. The Labute approximate surface area is 160 Å². The van der Waals surface area contributed by atoms with Crippen molar-refractivity contribution in [3.8, 4) is 5.75 Å². The molecular weight excluding hydrogens is 416 g/mol. The molecule has 0 aromatic heterocycles. The standard InChI is InChI=1S/C15H13Cl4NO3S/c1-9-8-10(2-7-13(9)21)14(15(17,18)19)20-24(22,23)12-5-3-11(16)4-6-12/h2-8,14,20-21H,1H3. The second kappa shape index (κ2) is 7.28. The van der Waals surface area contributed by atoms with Gasteiger partial charge < -0.3 is 5.11 Å². The molecule has 2 rings (SSSR count). The second-order valence-electron chi connectivity index (χ2n) is 5.10. The number of alkyl halides is 3. The van der Waals surface area contributed by atoms with Gasteiger partial charge in [-0.05, 0) is 48.4 Å². The number of aromatic hydroxyl groups is 1. The highest BCUT2D eigenvalue weighted by Gasteiger charge is 2.37. The lowest BCUT2D eigenvalue weighted by atomic mass is 10.1. The van der Waals surface area contributed by atoms with E-state index >= 15 is 0 Å². The number of hydrogen-bond acceptors (Lipinski definition) is 3. The molecule has 24 heavy (non-hydrogen) atoms. The van der Waals surface area contributed by atoms with E-state index in [1.807, 2.05) is 0 Å². The number of rotatable bonds is 4. The predicted molar refractivity (Wildman–Crippen MR) is 97.6 cm³/mol. The van der Waals surface area contributed by atoms with Gasteiger partial charge in [-0.2, -0.15) is 4.72 Å². The Kier molecular flexibility index (Phi) is 5.95. The number of halogens is 4. The van der Waals surface area contributed by atoms with Gasteiger partial charge in [0.2, 0.25) is 13.8 Å². The Morgan fingerprint density at radius 3 is 2.17 bits per heavy atom. The fourth-order valence-corrected chi connectivity index (χ4v) is 4.13. The first-order chi connectivity index (χ1) is 11.0. The van der Waals surface area contributed by atoms with E-state index in [0.717, 1.165) is 0 Å². The minimum absolute atomic E-state index is 0.0124. The molecular formula is C15H13Cl4NO3S. The summed E-state index contributed by atoms with van der Waals surface area (Å²) in [6.07, 6.45) is 0. The molecule has 0 amide bonds. The van der Waals surface area contributed by atoms with Crippen LogP contribution in [0, 0.1) is 6.92 Å². The molecule has 4 nitrogen and oxygen atoms in total. The smallest absolute Gasteiger partial charge is 0.241 e. The molecule has 0 aliphatic heterocycles. The third-order valence-electron chi connectivity index (χ3n) is 3.28. The summed E-state index contributed by atoms with van der Waals surface area (Å²) in [6, 6.07) is 8.89. The Bertz CT molecular complexity index is 833. The second-order valence-corrected chi connectivity index (χ2v) is 9.62. The van der Waals surface area contributed by atoms with Gasteiger partial charge in [0.25, 0.3) is 0 Å². The molecule has 0 bridgehead atoms. The zero-order valence-electron chi connectivity index (χ0n) is 12.3. The molecule has 2 aromatic rings. The van der Waals surface area contributed by atoms with Gasteiger partial charge in [-0.1, -0.05) is 58.5 Å². The van der Waals surface area contributed by atoms with Gasteiger partial charge in [0.05, 0.1) is 10.9 Å². The van der Waals surface area contributed by atoms with E-state index in [0.29, 0.717) is 16.1 Å². The first-order valence-corrected chi connectivity index (χ1v) is 9.64. The van der Waals surface area contributed by atoms with E-state index in [2.05, 4.69) is 4.72 Å². The maximum atomic E-state index is 12.5. The van der Waals surface area contributed by atoms with E-state index in [1.54, 1.807) is 13.0 Å². The van der Waals surface area contributed by atoms with Gasteiger partial charge >= 0.3 is 0 Å². The van der Waals surface area contributed by atoms with Crippen LogP contribution < -0.4 is 4.72 Å². The van der Waals surface area contributed by atoms with Crippen molar-refractivity contribution in [2.24, 2.45) is 0 Å². The van der Waals surface area contributed by atoms with Crippen LogP contribution in [0.15, 0.2) is 47.4 Å². The van der Waals surface area contributed by atoms with Crippen LogP contribution >= 0.6 is 46.4 Å². The normalized spacial score (nSPS) is 13.7. The van der Waals surface area contributed by atoms with Crippen molar-refractivity contribution in [3.63, 3.8) is 0 Å². The molecule has 0 aliphatic carbocycles. The van der Waals surface area contributed by atoms with Gasteiger partial charge in [-0.15, -0.1) is 0 Å². The molecule has 1 unspecified atom stereocenters. The van der Waals surface area contributed by atoms with E-state index in [1.165, 1.54) is 36.4 Å². The van der Waals surface area contributed by atoms with Gasteiger partial charge in [-0.25, -0.2) is 8.42 Å². The first kappa shape index (κ1) is 19.6. The SMILES string of the molecule is Cc1cc(C(NS(=O)(=O)c2ccc(Cl)cc2)C(Cl)(Cl)Cl)ccc1O. The molecule has 0 saturated carbocycles. The van der Waals surface area contributed by atoms with Crippen LogP contribution in [-0.2, 0) is 10.0 Å². The van der Waals surface area contributed by atoms with Crippen molar-refractivity contribution in [2.75, 3.05) is 0 Å². The van der Waals surface area contributed by atoms with Crippen molar-refractivity contribution in [1.29, 1.82) is 0 Å². The van der Waals surface area contributed by atoms with Gasteiger partial charge in [0.15, 0.2) is 0 Å². The Balaban J connectivity index is 2.42. The van der Waals surface area contributed by atoms with Crippen molar-refractivity contribution < 1.29 is 13.5 Å². The molecule has 130 valence electrons. The Morgan fingerprint density at radius 1 is 1.08 bits per heavy atom. The molecule has 0 saturated heterocycles. The lowest BCUT2D eigenvalue weighted by Gasteiger charge is -2.26. The number of benzene rings is 2. The predicted octanol–water partition coefficient (Wildman–Crippen LogP) is 4.74. The molecule has 0 aliphatic rings. The fourth-order valence-electron chi connectivity index (χ4n) is 2.02. The quantitative estimate of drug-likeness (QED) is 0.690. The highest BCUT2D eigenvalue weighted by atomic mass is 35.6. The van der Waals surface area contributed by atoms with Crippen LogP contribution in [0.2, 0.25) is 5.02 Å². The highest BCUT2D eigenvalue weighted by Crippen LogP contribution is 2.41. The van der Waals surface area contributed by atoms with Crippen LogP contribution in [0.25, 0.3) is 0 Å². The molecule has 0 heterocycles. The number of hydrogen-bond donors (Lipinski definition) is 2. The van der Waals surface area contributed by atoms with E-state index in [-0.39, 0.29) is 10.6 Å². The van der Waals surface area contributed by atoms with Crippen LogP contribution in [0.1, 0.15) is 17.2 Å². The number of sulfonamides is 1. The van der Waals surface area contributed by atoms with Crippen molar-refractivity contribution in [1.82, 2.24) is 4.72 Å². The lowest BCUT2D eigenvalue weighted by molar-refractivity contribution is 0.470. The maximum absolute atomic E-state index is 12.5. The lowest BCUT2D eigenvalue weighted by Crippen LogP contribution is -2.36. The molecule has 2 aromatic carbocycles. The Hall–Kier alpha value is -0.690. The third-order valence-corrected chi connectivity index (χ3v) is 5.62. The summed E-state index contributed by atoms with van der Waals surface area (Å²) in [6.45, 7) is 1.65. The minimum atomic E-state index is -3.95. The highest BCUT2D eigenvalue weighted by molar-refractivity contribution is 7.89. The summed E-state index contributed by atoms with van der Waals surface area (Å²) < 4.78 is 25.5. The van der Waals surface area contributed by atoms with Crippen LogP contribution in [0.4, 0.5) is 0 Å². The summed E-state index contributed by atoms with van der Waals surface area (Å²) in [7, 11) is -3.95. The minimum Gasteiger partial charge on any atom is -0.508 e. The molecule has 0 spiro atoms. The zero-order valence-corrected chi connectivity index (χ0v) is 16.1. The van der Waals surface area contributed by atoms with E-state index < -0.39 is 19.9 Å². The number of phenols is 1. The largest absolute Gasteiger partial charge is 0.508 e. The molecule has 0 radical (unpaired) electrons. The summed E-state index contributed by atoms with van der Waals surface area (Å²) >= 11 is 23.7.